The summed E-state index contributed by atoms with van der Waals surface area (Å²) in [5.41, 5.74) is 0. The van der Waals surface area contributed by atoms with E-state index >= 15 is 0 Å². The van der Waals surface area contributed by atoms with Gasteiger partial charge in [-0.1, -0.05) is 0 Å². The Bertz CT molecular complexity index is 371. The van der Waals surface area contributed by atoms with Gasteiger partial charge in [-0.15, -0.1) is 0 Å². The highest BCUT2D eigenvalue weighted by molar-refractivity contribution is 5.95. The predicted octanol–water partition coefficient (Wildman–Crippen LogP) is 0.387. The van der Waals surface area contributed by atoms with E-state index in [0.29, 0.717) is 6.61 Å². The minimum atomic E-state index is -0.201. The van der Waals surface area contributed by atoms with E-state index in [1.54, 1.807) is 9.80 Å². The minimum absolute atomic E-state index is 0.0527. The molecular formula is C13H20N2O3. The van der Waals surface area contributed by atoms with Crippen LogP contribution in [-0.2, 0) is 14.3 Å². The van der Waals surface area contributed by atoms with Crippen molar-refractivity contribution in [2.45, 2.75) is 50.8 Å². The molecule has 0 spiro atoms. The van der Waals surface area contributed by atoms with Crippen molar-refractivity contribution < 1.29 is 14.3 Å². The molecule has 100 valence electrons. The molecule has 5 heteroatoms. The lowest BCUT2D eigenvalue weighted by Gasteiger charge is -2.45. The van der Waals surface area contributed by atoms with Crippen LogP contribution in [0.15, 0.2) is 0 Å². The SMILES string of the molecule is CC1OCCC1N1CC(=O)N2CCCCC2C1=O. The van der Waals surface area contributed by atoms with Crippen molar-refractivity contribution in [3.05, 3.63) is 0 Å². The van der Waals surface area contributed by atoms with Crippen LogP contribution in [0.1, 0.15) is 32.6 Å². The summed E-state index contributed by atoms with van der Waals surface area (Å²) in [7, 11) is 0. The van der Waals surface area contributed by atoms with Gasteiger partial charge in [0, 0.05) is 13.2 Å². The summed E-state index contributed by atoms with van der Waals surface area (Å²) < 4.78 is 5.52. The minimum Gasteiger partial charge on any atom is -0.376 e. The Balaban J connectivity index is 1.80. The summed E-state index contributed by atoms with van der Waals surface area (Å²) in [6, 6.07) is -0.113. The molecule has 0 aromatic carbocycles. The first-order valence-corrected chi connectivity index (χ1v) is 6.90. The molecule has 3 heterocycles. The Kier molecular flexibility index (Phi) is 3.01. The highest BCUT2D eigenvalue weighted by Gasteiger charge is 2.44. The third-order valence-electron chi connectivity index (χ3n) is 4.43. The van der Waals surface area contributed by atoms with Crippen LogP contribution < -0.4 is 0 Å². The smallest absolute Gasteiger partial charge is 0.246 e. The summed E-state index contributed by atoms with van der Waals surface area (Å²) in [6.07, 6.45) is 3.80. The third-order valence-corrected chi connectivity index (χ3v) is 4.43. The number of carbonyl (C=O) groups is 2. The van der Waals surface area contributed by atoms with Gasteiger partial charge in [-0.25, -0.2) is 0 Å². The summed E-state index contributed by atoms with van der Waals surface area (Å²) in [5, 5.41) is 0. The number of carbonyl (C=O) groups excluding carboxylic acids is 2. The Labute approximate surface area is 107 Å². The largest absolute Gasteiger partial charge is 0.376 e. The van der Waals surface area contributed by atoms with Crippen molar-refractivity contribution in [2.24, 2.45) is 0 Å². The van der Waals surface area contributed by atoms with Crippen LogP contribution >= 0.6 is 0 Å². The van der Waals surface area contributed by atoms with E-state index in [-0.39, 0.29) is 36.5 Å². The molecule has 0 N–H and O–H groups in total. The molecule has 3 saturated heterocycles. The molecule has 3 aliphatic heterocycles. The molecule has 2 amide bonds. The van der Waals surface area contributed by atoms with Crippen LogP contribution in [0.3, 0.4) is 0 Å². The number of piperidine rings is 1. The Morgan fingerprint density at radius 2 is 2.00 bits per heavy atom. The van der Waals surface area contributed by atoms with Gasteiger partial charge < -0.3 is 14.5 Å². The first-order valence-electron chi connectivity index (χ1n) is 6.90. The molecule has 0 aromatic heterocycles. The fraction of sp³-hybridized carbons (Fsp3) is 0.846. The first-order chi connectivity index (χ1) is 8.68. The van der Waals surface area contributed by atoms with Crippen LogP contribution in [0.25, 0.3) is 0 Å². The number of fused-ring (bicyclic) bond motifs is 1. The molecule has 3 atom stereocenters. The topological polar surface area (TPSA) is 49.9 Å². The second-order valence-corrected chi connectivity index (χ2v) is 5.50. The molecule has 0 saturated carbocycles. The number of ether oxygens (including phenoxy) is 1. The van der Waals surface area contributed by atoms with E-state index in [1.165, 1.54) is 0 Å². The van der Waals surface area contributed by atoms with Gasteiger partial charge in [-0.2, -0.15) is 0 Å². The summed E-state index contributed by atoms with van der Waals surface area (Å²) in [6.45, 7) is 3.67. The summed E-state index contributed by atoms with van der Waals surface area (Å²) in [5.74, 6) is 0.245. The Morgan fingerprint density at radius 1 is 1.17 bits per heavy atom. The van der Waals surface area contributed by atoms with Crippen LogP contribution in [0.5, 0.6) is 0 Å². The number of hydrogen-bond acceptors (Lipinski definition) is 3. The fourth-order valence-electron chi connectivity index (χ4n) is 3.40. The number of amides is 2. The average molecular weight is 252 g/mol. The van der Waals surface area contributed by atoms with Crippen LogP contribution in [0.4, 0.5) is 0 Å². The molecular weight excluding hydrogens is 232 g/mol. The molecule has 3 unspecified atom stereocenters. The second kappa shape index (κ2) is 4.53. The number of piperazine rings is 1. The van der Waals surface area contributed by atoms with Gasteiger partial charge >= 0.3 is 0 Å². The maximum atomic E-state index is 12.5. The van der Waals surface area contributed by atoms with Gasteiger partial charge in [-0.3, -0.25) is 9.59 Å². The zero-order valence-corrected chi connectivity index (χ0v) is 10.8. The maximum Gasteiger partial charge on any atom is 0.246 e. The van der Waals surface area contributed by atoms with Crippen molar-refractivity contribution >= 4 is 11.8 Å². The highest BCUT2D eigenvalue weighted by atomic mass is 16.5. The molecule has 3 aliphatic rings. The van der Waals surface area contributed by atoms with E-state index in [1.807, 2.05) is 6.92 Å². The number of nitrogens with zero attached hydrogens (tertiary/aromatic N) is 2. The molecule has 5 nitrogen and oxygen atoms in total. The molecule has 18 heavy (non-hydrogen) atoms. The van der Waals surface area contributed by atoms with Crippen molar-refractivity contribution in [2.75, 3.05) is 19.7 Å². The van der Waals surface area contributed by atoms with Crippen LogP contribution in [0.2, 0.25) is 0 Å². The van der Waals surface area contributed by atoms with E-state index in [9.17, 15) is 9.59 Å². The number of rotatable bonds is 1. The van der Waals surface area contributed by atoms with Crippen LogP contribution in [0, 0.1) is 0 Å². The Hall–Kier alpha value is -1.10. The lowest BCUT2D eigenvalue weighted by Crippen LogP contribution is -2.64. The van der Waals surface area contributed by atoms with Crippen LogP contribution in [-0.4, -0.2) is 59.5 Å². The lowest BCUT2D eigenvalue weighted by atomic mass is 9.96. The number of hydrogen-bond donors (Lipinski definition) is 0. The molecule has 0 aliphatic carbocycles. The predicted molar refractivity (Wildman–Crippen MR) is 64.9 cm³/mol. The van der Waals surface area contributed by atoms with Crippen molar-refractivity contribution in [1.29, 1.82) is 0 Å². The summed E-state index contributed by atoms with van der Waals surface area (Å²) >= 11 is 0. The molecule has 0 aromatic rings. The Morgan fingerprint density at radius 3 is 2.72 bits per heavy atom. The second-order valence-electron chi connectivity index (χ2n) is 5.50. The molecule has 0 bridgehead atoms. The van der Waals surface area contributed by atoms with E-state index in [2.05, 4.69) is 0 Å². The van der Waals surface area contributed by atoms with E-state index in [4.69, 9.17) is 4.74 Å². The zero-order chi connectivity index (χ0) is 12.7. The highest BCUT2D eigenvalue weighted by Crippen LogP contribution is 2.28. The van der Waals surface area contributed by atoms with Gasteiger partial charge in [0.1, 0.15) is 12.6 Å². The van der Waals surface area contributed by atoms with Gasteiger partial charge in [-0.05, 0) is 32.6 Å². The van der Waals surface area contributed by atoms with E-state index < -0.39 is 0 Å². The lowest BCUT2D eigenvalue weighted by molar-refractivity contribution is -0.160. The fourth-order valence-corrected chi connectivity index (χ4v) is 3.40. The van der Waals surface area contributed by atoms with Gasteiger partial charge in [0.25, 0.3) is 0 Å². The monoisotopic (exact) mass is 252 g/mol. The van der Waals surface area contributed by atoms with E-state index in [0.717, 1.165) is 32.2 Å². The summed E-state index contributed by atoms with van der Waals surface area (Å²) in [4.78, 5) is 28.2. The quantitative estimate of drug-likeness (QED) is 0.678. The molecule has 3 rings (SSSR count). The van der Waals surface area contributed by atoms with Gasteiger partial charge in [0.2, 0.25) is 11.8 Å². The zero-order valence-electron chi connectivity index (χ0n) is 10.8. The first kappa shape index (κ1) is 12.0. The van der Waals surface area contributed by atoms with Crippen molar-refractivity contribution in [3.63, 3.8) is 0 Å². The molecule has 3 fully saturated rings. The van der Waals surface area contributed by atoms with Gasteiger partial charge in [0.15, 0.2) is 0 Å². The third kappa shape index (κ3) is 1.81. The normalized spacial score (nSPS) is 37.1. The van der Waals surface area contributed by atoms with Crippen molar-refractivity contribution in [3.8, 4) is 0 Å². The maximum absolute atomic E-state index is 12.5. The molecule has 0 radical (unpaired) electrons. The standard InChI is InChI=1S/C13H20N2O3/c1-9-10(5-7-18-9)15-8-12(16)14-6-3-2-4-11(14)13(15)17/h9-11H,2-8H2,1H3. The van der Waals surface area contributed by atoms with Gasteiger partial charge in [0.05, 0.1) is 12.1 Å². The average Bonchev–Trinajstić information content (AvgIpc) is 2.80. The van der Waals surface area contributed by atoms with Crippen molar-refractivity contribution in [1.82, 2.24) is 9.80 Å².